The van der Waals surface area contributed by atoms with E-state index in [4.69, 9.17) is 0 Å². The zero-order valence-electron chi connectivity index (χ0n) is 19.8. The Bertz CT molecular complexity index is 1500. The second-order valence-corrected chi connectivity index (χ2v) is 10.9. The van der Waals surface area contributed by atoms with E-state index in [1.54, 1.807) is 12.4 Å². The standard InChI is InChI=1S/C29H26N4O3/c34-25(32-29(9-10-29)28-16-27(17-28,18-28)26(35)36)23-3-1-2-20-8-13-33(24(20)23)15-22-5-4-21(14-31-22)19-6-11-30-12-7-19/h1-8,11-14H,9-10,15-18H2,(H,32,34)(H,35,36). The van der Waals surface area contributed by atoms with Gasteiger partial charge in [0, 0.05) is 41.3 Å². The summed E-state index contributed by atoms with van der Waals surface area (Å²) in [6.07, 6.45) is 11.3. The number of pyridine rings is 2. The lowest BCUT2D eigenvalue weighted by atomic mass is 9.32. The van der Waals surface area contributed by atoms with Crippen LogP contribution in [0.2, 0.25) is 0 Å². The van der Waals surface area contributed by atoms with Gasteiger partial charge in [0.15, 0.2) is 0 Å². The largest absolute Gasteiger partial charge is 0.481 e. The van der Waals surface area contributed by atoms with Gasteiger partial charge in [-0.2, -0.15) is 0 Å². The lowest BCUT2D eigenvalue weighted by Crippen LogP contribution is -2.73. The van der Waals surface area contributed by atoms with Crippen LogP contribution in [0.1, 0.15) is 48.2 Å². The van der Waals surface area contributed by atoms with Crippen LogP contribution in [0.3, 0.4) is 0 Å². The van der Waals surface area contributed by atoms with Gasteiger partial charge < -0.3 is 15.0 Å². The molecule has 0 unspecified atom stereocenters. The summed E-state index contributed by atoms with van der Waals surface area (Å²) < 4.78 is 2.08. The van der Waals surface area contributed by atoms with Crippen molar-refractivity contribution in [2.75, 3.05) is 0 Å². The van der Waals surface area contributed by atoms with Gasteiger partial charge in [0.1, 0.15) is 0 Å². The third-order valence-corrected chi connectivity index (χ3v) is 8.81. The number of carboxylic acid groups (broad SMARTS) is 1. The van der Waals surface area contributed by atoms with Gasteiger partial charge in [0.25, 0.3) is 5.91 Å². The number of aromatic nitrogens is 3. The summed E-state index contributed by atoms with van der Waals surface area (Å²) in [4.78, 5) is 33.9. The first-order chi connectivity index (χ1) is 17.4. The minimum Gasteiger partial charge on any atom is -0.481 e. The Morgan fingerprint density at radius 3 is 2.42 bits per heavy atom. The average molecular weight is 479 g/mol. The van der Waals surface area contributed by atoms with Gasteiger partial charge in [-0.3, -0.25) is 19.6 Å². The number of para-hydroxylation sites is 1. The van der Waals surface area contributed by atoms with Gasteiger partial charge in [-0.25, -0.2) is 0 Å². The number of hydrogen-bond acceptors (Lipinski definition) is 4. The Labute approximate surface area is 208 Å². The molecule has 0 saturated heterocycles. The molecule has 4 aliphatic carbocycles. The van der Waals surface area contributed by atoms with Crippen LogP contribution in [0.25, 0.3) is 22.0 Å². The smallest absolute Gasteiger partial charge is 0.309 e. The maximum Gasteiger partial charge on any atom is 0.309 e. The number of amides is 1. The number of carboxylic acids is 1. The molecular weight excluding hydrogens is 452 g/mol. The van der Waals surface area contributed by atoms with Crippen LogP contribution in [0.15, 0.2) is 73.3 Å². The van der Waals surface area contributed by atoms with Crippen LogP contribution in [-0.4, -0.2) is 37.1 Å². The molecule has 180 valence electrons. The molecule has 0 atom stereocenters. The summed E-state index contributed by atoms with van der Waals surface area (Å²) in [5, 5.41) is 13.9. The molecule has 4 saturated carbocycles. The molecule has 4 fully saturated rings. The van der Waals surface area contributed by atoms with Crippen molar-refractivity contribution in [3.63, 3.8) is 0 Å². The molecule has 4 aromatic rings. The van der Waals surface area contributed by atoms with Gasteiger partial charge in [-0.1, -0.05) is 18.2 Å². The highest BCUT2D eigenvalue weighted by Gasteiger charge is 2.81. The zero-order valence-corrected chi connectivity index (χ0v) is 19.8. The second kappa shape index (κ2) is 7.26. The minimum absolute atomic E-state index is 0.0303. The molecule has 2 N–H and O–H groups in total. The molecule has 2 bridgehead atoms. The predicted octanol–water partition coefficient (Wildman–Crippen LogP) is 4.66. The summed E-state index contributed by atoms with van der Waals surface area (Å²) in [7, 11) is 0. The molecule has 3 heterocycles. The first kappa shape index (κ1) is 21.3. The fourth-order valence-corrected chi connectivity index (χ4v) is 6.70. The monoisotopic (exact) mass is 478 g/mol. The van der Waals surface area contributed by atoms with Crippen molar-refractivity contribution < 1.29 is 14.7 Å². The first-order valence-corrected chi connectivity index (χ1v) is 12.4. The molecule has 0 radical (unpaired) electrons. The molecule has 3 aromatic heterocycles. The fourth-order valence-electron chi connectivity index (χ4n) is 6.70. The summed E-state index contributed by atoms with van der Waals surface area (Å²) in [5.41, 5.74) is 3.75. The fraction of sp³-hybridized carbons (Fsp3) is 0.310. The molecule has 4 aliphatic rings. The van der Waals surface area contributed by atoms with Crippen LogP contribution >= 0.6 is 0 Å². The van der Waals surface area contributed by atoms with E-state index in [1.807, 2.05) is 54.9 Å². The quantitative estimate of drug-likeness (QED) is 0.403. The maximum atomic E-state index is 13.6. The first-order valence-electron chi connectivity index (χ1n) is 12.4. The molecule has 36 heavy (non-hydrogen) atoms. The van der Waals surface area contributed by atoms with E-state index in [1.165, 1.54) is 0 Å². The molecule has 0 aliphatic heterocycles. The van der Waals surface area contributed by atoms with Crippen LogP contribution in [0, 0.1) is 10.8 Å². The van der Waals surface area contributed by atoms with Crippen molar-refractivity contribution in [2.24, 2.45) is 10.8 Å². The van der Waals surface area contributed by atoms with Crippen LogP contribution < -0.4 is 5.32 Å². The SMILES string of the molecule is O=C(NC1(C23CC(C(=O)O)(C2)C3)CC1)c1cccc2ccn(Cc3ccc(-c4ccncc4)cn3)c12. The molecular formula is C29H26N4O3. The van der Waals surface area contributed by atoms with Crippen LogP contribution in [0.5, 0.6) is 0 Å². The highest BCUT2D eigenvalue weighted by atomic mass is 16.4. The second-order valence-electron chi connectivity index (χ2n) is 10.9. The number of rotatable bonds is 7. The van der Waals surface area contributed by atoms with Gasteiger partial charge in [-0.15, -0.1) is 0 Å². The predicted molar refractivity (Wildman–Crippen MR) is 134 cm³/mol. The van der Waals surface area contributed by atoms with E-state index in [2.05, 4.69) is 25.9 Å². The Kier molecular flexibility index (Phi) is 4.29. The van der Waals surface area contributed by atoms with E-state index < -0.39 is 11.4 Å². The van der Waals surface area contributed by atoms with Gasteiger partial charge in [0.05, 0.1) is 28.7 Å². The number of carbonyl (C=O) groups is 2. The van der Waals surface area contributed by atoms with E-state index >= 15 is 0 Å². The molecule has 7 heteroatoms. The zero-order chi connectivity index (χ0) is 24.5. The normalized spacial score (nSPS) is 25.0. The summed E-state index contributed by atoms with van der Waals surface area (Å²) in [6, 6.07) is 15.8. The number of aliphatic carboxylic acids is 1. The third-order valence-electron chi connectivity index (χ3n) is 8.81. The Morgan fingerprint density at radius 1 is 0.972 bits per heavy atom. The van der Waals surface area contributed by atoms with Gasteiger partial charge in [0.2, 0.25) is 0 Å². The van der Waals surface area contributed by atoms with Crippen molar-refractivity contribution in [3.8, 4) is 11.1 Å². The highest BCUT2D eigenvalue weighted by Crippen LogP contribution is 2.81. The number of benzene rings is 1. The van der Waals surface area contributed by atoms with Crippen LogP contribution in [-0.2, 0) is 11.3 Å². The molecule has 1 amide bonds. The topological polar surface area (TPSA) is 97.1 Å². The maximum absolute atomic E-state index is 13.6. The van der Waals surface area contributed by atoms with Crippen molar-refractivity contribution in [2.45, 2.75) is 44.2 Å². The lowest BCUT2D eigenvalue weighted by Gasteiger charge is -2.71. The molecule has 8 rings (SSSR count). The average Bonchev–Trinajstić information content (AvgIpc) is 3.48. The lowest BCUT2D eigenvalue weighted by molar-refractivity contribution is -0.236. The Morgan fingerprint density at radius 2 is 1.75 bits per heavy atom. The molecule has 0 spiro atoms. The van der Waals surface area contributed by atoms with E-state index in [0.29, 0.717) is 31.4 Å². The minimum atomic E-state index is -0.684. The Hall–Kier alpha value is -4.00. The Balaban J connectivity index is 1.13. The summed E-state index contributed by atoms with van der Waals surface area (Å²) in [5.74, 6) is -0.760. The molecule has 7 nitrogen and oxygen atoms in total. The number of nitrogens with zero attached hydrogens (tertiary/aromatic N) is 3. The van der Waals surface area contributed by atoms with Crippen LogP contribution in [0.4, 0.5) is 0 Å². The van der Waals surface area contributed by atoms with E-state index in [9.17, 15) is 14.7 Å². The third kappa shape index (κ3) is 2.98. The number of hydrogen-bond donors (Lipinski definition) is 2. The summed E-state index contributed by atoms with van der Waals surface area (Å²) >= 11 is 0. The van der Waals surface area contributed by atoms with Gasteiger partial charge in [-0.05, 0) is 73.4 Å². The van der Waals surface area contributed by atoms with Crippen molar-refractivity contribution in [3.05, 3.63) is 84.6 Å². The highest BCUT2D eigenvalue weighted by molar-refractivity contribution is 6.06. The molecule has 1 aromatic carbocycles. The number of nitrogens with one attached hydrogen (secondary N) is 1. The van der Waals surface area contributed by atoms with Crippen molar-refractivity contribution in [1.82, 2.24) is 19.9 Å². The number of fused-ring (bicyclic) bond motifs is 1. The van der Waals surface area contributed by atoms with Crippen molar-refractivity contribution >= 4 is 22.8 Å². The van der Waals surface area contributed by atoms with Crippen molar-refractivity contribution in [1.29, 1.82) is 0 Å². The number of carbonyl (C=O) groups excluding carboxylic acids is 1. The van der Waals surface area contributed by atoms with E-state index in [0.717, 1.165) is 40.6 Å². The van der Waals surface area contributed by atoms with Gasteiger partial charge >= 0.3 is 5.97 Å². The van der Waals surface area contributed by atoms with E-state index in [-0.39, 0.29) is 16.9 Å². The summed E-state index contributed by atoms with van der Waals surface area (Å²) in [6.45, 7) is 0.556.